The molecule has 1 aromatic rings. The van der Waals surface area contributed by atoms with Crippen molar-refractivity contribution in [1.82, 2.24) is 0 Å². The predicted molar refractivity (Wildman–Crippen MR) is 60.9 cm³/mol. The van der Waals surface area contributed by atoms with Gasteiger partial charge in [0.05, 0.1) is 0 Å². The summed E-state index contributed by atoms with van der Waals surface area (Å²) in [6, 6.07) is 6.88. The number of hydrogen-bond donors (Lipinski definition) is 1. The molecule has 1 N–H and O–H groups in total. The molecule has 0 saturated carbocycles. The summed E-state index contributed by atoms with van der Waals surface area (Å²) in [7, 11) is 0. The minimum Gasteiger partial charge on any atom is -0.383 e. The van der Waals surface area contributed by atoms with Gasteiger partial charge in [0.2, 0.25) is 0 Å². The highest BCUT2D eigenvalue weighted by Gasteiger charge is 2.37. The normalized spacial score (nSPS) is 14.8. The van der Waals surface area contributed by atoms with Gasteiger partial charge in [-0.25, -0.2) is 0 Å². The quantitative estimate of drug-likeness (QED) is 0.847. The highest BCUT2D eigenvalue weighted by molar-refractivity contribution is 5.27. The second-order valence-corrected chi connectivity index (χ2v) is 5.21. The van der Waals surface area contributed by atoms with Gasteiger partial charge in [0.1, 0.15) is 0 Å². The van der Waals surface area contributed by atoms with Gasteiger partial charge in [-0.3, -0.25) is 0 Å². The molecule has 1 unspecified atom stereocenters. The van der Waals surface area contributed by atoms with Crippen molar-refractivity contribution in [2.24, 2.45) is 0 Å². The molecule has 0 bridgehead atoms. The minimum absolute atomic E-state index is 0.0266. The Balaban J connectivity index is 2.76. The summed E-state index contributed by atoms with van der Waals surface area (Å²) in [4.78, 5) is 0. The number of aliphatic hydroxyl groups is 1. The van der Waals surface area contributed by atoms with Gasteiger partial charge in [-0.15, -0.1) is 0 Å². The lowest BCUT2D eigenvalue weighted by Crippen LogP contribution is -2.30. The van der Waals surface area contributed by atoms with E-state index in [2.05, 4.69) is 0 Å². The number of alkyl halides is 3. The van der Waals surface area contributed by atoms with Crippen LogP contribution in [0.3, 0.4) is 0 Å². The van der Waals surface area contributed by atoms with Crippen molar-refractivity contribution >= 4 is 0 Å². The topological polar surface area (TPSA) is 20.2 Å². The van der Waals surface area contributed by atoms with Crippen molar-refractivity contribution in [2.75, 3.05) is 0 Å². The van der Waals surface area contributed by atoms with Crippen molar-refractivity contribution in [1.29, 1.82) is 0 Å². The summed E-state index contributed by atoms with van der Waals surface area (Å²) in [5.41, 5.74) is 1.52. The summed E-state index contributed by atoms with van der Waals surface area (Å²) in [6.45, 7) is 6.10. The lowest BCUT2D eigenvalue weighted by Gasteiger charge is -2.20. The monoisotopic (exact) mass is 246 g/mol. The zero-order valence-corrected chi connectivity index (χ0v) is 10.2. The van der Waals surface area contributed by atoms with Crippen LogP contribution >= 0.6 is 0 Å². The van der Waals surface area contributed by atoms with Gasteiger partial charge < -0.3 is 5.11 Å². The van der Waals surface area contributed by atoms with Crippen LogP contribution in [0.2, 0.25) is 0 Å². The molecule has 0 heterocycles. The van der Waals surface area contributed by atoms with Gasteiger partial charge in [0.15, 0.2) is 6.10 Å². The van der Waals surface area contributed by atoms with Crippen molar-refractivity contribution < 1.29 is 18.3 Å². The first-order valence-electron chi connectivity index (χ1n) is 5.45. The largest absolute Gasteiger partial charge is 0.414 e. The van der Waals surface area contributed by atoms with Crippen LogP contribution in [0, 0.1) is 0 Å². The van der Waals surface area contributed by atoms with E-state index in [1.165, 1.54) is 0 Å². The predicted octanol–water partition coefficient (Wildman–Crippen LogP) is 3.45. The van der Waals surface area contributed by atoms with Crippen LogP contribution < -0.4 is 0 Å². The van der Waals surface area contributed by atoms with Crippen LogP contribution in [-0.4, -0.2) is 17.4 Å². The Hall–Kier alpha value is -1.03. The number of rotatable bonds is 2. The van der Waals surface area contributed by atoms with Crippen molar-refractivity contribution in [3.8, 4) is 0 Å². The fourth-order valence-corrected chi connectivity index (χ4v) is 1.48. The zero-order chi connectivity index (χ0) is 13.3. The molecule has 1 rings (SSSR count). The summed E-state index contributed by atoms with van der Waals surface area (Å²) in [5.74, 6) is 0. The van der Waals surface area contributed by atoms with E-state index in [1.54, 1.807) is 24.3 Å². The zero-order valence-electron chi connectivity index (χ0n) is 10.2. The lowest BCUT2D eigenvalue weighted by molar-refractivity contribution is -0.203. The van der Waals surface area contributed by atoms with Crippen LogP contribution in [0.1, 0.15) is 31.9 Å². The molecule has 1 nitrogen and oxygen atoms in total. The van der Waals surface area contributed by atoms with Gasteiger partial charge in [0.25, 0.3) is 0 Å². The maximum absolute atomic E-state index is 12.2. The fourth-order valence-electron chi connectivity index (χ4n) is 1.48. The highest BCUT2D eigenvalue weighted by atomic mass is 19.4. The van der Waals surface area contributed by atoms with E-state index in [1.807, 2.05) is 20.8 Å². The van der Waals surface area contributed by atoms with Crippen molar-refractivity contribution in [2.45, 2.75) is 44.9 Å². The molecule has 0 aliphatic rings. The number of aliphatic hydroxyl groups excluding tert-OH is 1. The minimum atomic E-state index is -4.55. The van der Waals surface area contributed by atoms with E-state index in [4.69, 9.17) is 5.11 Å². The molecular formula is C13H17F3O. The Bertz CT molecular complexity index is 360. The molecule has 0 amide bonds. The third-order valence-electron chi connectivity index (χ3n) is 2.63. The first kappa shape index (κ1) is 14.0. The van der Waals surface area contributed by atoms with Gasteiger partial charge in [0, 0.05) is 6.42 Å². The van der Waals surface area contributed by atoms with E-state index in [-0.39, 0.29) is 5.41 Å². The Labute approximate surface area is 99.3 Å². The van der Waals surface area contributed by atoms with Gasteiger partial charge in [-0.2, -0.15) is 13.2 Å². The van der Waals surface area contributed by atoms with Crippen LogP contribution in [0.25, 0.3) is 0 Å². The Morgan fingerprint density at radius 1 is 1.06 bits per heavy atom. The summed E-state index contributed by atoms with van der Waals surface area (Å²) >= 11 is 0. The molecule has 1 atom stereocenters. The molecule has 0 saturated heterocycles. The summed E-state index contributed by atoms with van der Waals surface area (Å²) in [6.07, 6.45) is -7.24. The number of halogens is 3. The fraction of sp³-hybridized carbons (Fsp3) is 0.538. The third-order valence-corrected chi connectivity index (χ3v) is 2.63. The molecule has 4 heteroatoms. The Morgan fingerprint density at radius 2 is 1.53 bits per heavy atom. The molecule has 1 aromatic carbocycles. The van der Waals surface area contributed by atoms with Crippen LogP contribution in [0.15, 0.2) is 24.3 Å². The van der Waals surface area contributed by atoms with Gasteiger partial charge in [-0.05, 0) is 16.5 Å². The van der Waals surface area contributed by atoms with Crippen molar-refractivity contribution in [3.05, 3.63) is 35.4 Å². The van der Waals surface area contributed by atoms with E-state index in [9.17, 15) is 13.2 Å². The molecule has 0 fully saturated rings. The second kappa shape index (κ2) is 4.69. The lowest BCUT2D eigenvalue weighted by atomic mass is 9.86. The number of hydrogen-bond acceptors (Lipinski definition) is 1. The van der Waals surface area contributed by atoms with Crippen LogP contribution in [0.5, 0.6) is 0 Å². The van der Waals surface area contributed by atoms with Crippen LogP contribution in [0.4, 0.5) is 13.2 Å². The first-order valence-corrected chi connectivity index (χ1v) is 5.45. The molecule has 0 aromatic heterocycles. The van der Waals surface area contributed by atoms with E-state index in [0.717, 1.165) is 5.56 Å². The van der Waals surface area contributed by atoms with Crippen LogP contribution in [-0.2, 0) is 11.8 Å². The molecule has 0 aliphatic heterocycles. The standard InChI is InChI=1S/C13H17F3O/c1-12(2,3)10-6-4-9(5-7-10)8-11(17)13(14,15)16/h4-7,11,17H,8H2,1-3H3. The average Bonchev–Trinajstić information content (AvgIpc) is 2.15. The molecule has 0 aliphatic carbocycles. The summed E-state index contributed by atoms with van der Waals surface area (Å²) in [5, 5.41) is 8.94. The summed E-state index contributed by atoms with van der Waals surface area (Å²) < 4.78 is 36.5. The number of benzene rings is 1. The van der Waals surface area contributed by atoms with E-state index in [0.29, 0.717) is 5.56 Å². The highest BCUT2D eigenvalue weighted by Crippen LogP contribution is 2.25. The SMILES string of the molecule is CC(C)(C)c1ccc(CC(O)C(F)(F)F)cc1. The molecule has 0 radical (unpaired) electrons. The maximum Gasteiger partial charge on any atom is 0.414 e. The molecule has 96 valence electrons. The third kappa shape index (κ3) is 4.04. The Kier molecular flexibility index (Phi) is 3.87. The maximum atomic E-state index is 12.2. The second-order valence-electron chi connectivity index (χ2n) is 5.21. The van der Waals surface area contributed by atoms with E-state index >= 15 is 0 Å². The first-order chi connectivity index (χ1) is 7.60. The Morgan fingerprint density at radius 3 is 1.88 bits per heavy atom. The molecule has 0 spiro atoms. The van der Waals surface area contributed by atoms with E-state index < -0.39 is 18.7 Å². The van der Waals surface area contributed by atoms with Gasteiger partial charge in [-0.1, -0.05) is 45.0 Å². The molecule has 17 heavy (non-hydrogen) atoms. The van der Waals surface area contributed by atoms with Crippen molar-refractivity contribution in [3.63, 3.8) is 0 Å². The average molecular weight is 246 g/mol. The smallest absolute Gasteiger partial charge is 0.383 e. The molecular weight excluding hydrogens is 229 g/mol. The van der Waals surface area contributed by atoms with Gasteiger partial charge >= 0.3 is 6.18 Å².